The normalized spacial score (nSPS) is 19.8. The highest BCUT2D eigenvalue weighted by atomic mass is 19.4. The van der Waals surface area contributed by atoms with E-state index in [2.05, 4.69) is 5.32 Å². The summed E-state index contributed by atoms with van der Waals surface area (Å²) in [5, 5.41) is 2.90. The maximum Gasteiger partial charge on any atom is 0.416 e. The Balaban J connectivity index is 2.22. The molecule has 5 nitrogen and oxygen atoms in total. The molecule has 2 aliphatic rings. The van der Waals surface area contributed by atoms with Crippen LogP contribution in [-0.4, -0.2) is 24.6 Å². The summed E-state index contributed by atoms with van der Waals surface area (Å²) in [6.07, 6.45) is -5.12. The standard InChI is InChI=1S/C19H18F3NO4/c1-9(2)27-18(25)14-10(3)23-13-8-26-17(24)16(13)15(14)11-6-4-5-7-12(11)19(20,21)22/h4-7,9,15,23H,8H2,1-3H3. The lowest BCUT2D eigenvalue weighted by Gasteiger charge is -2.29. The van der Waals surface area contributed by atoms with E-state index < -0.39 is 35.7 Å². The van der Waals surface area contributed by atoms with Gasteiger partial charge in [-0.2, -0.15) is 13.2 Å². The van der Waals surface area contributed by atoms with E-state index in [9.17, 15) is 22.8 Å². The Kier molecular flexibility index (Phi) is 4.75. The zero-order valence-electron chi connectivity index (χ0n) is 14.9. The number of esters is 2. The molecule has 0 bridgehead atoms. The monoisotopic (exact) mass is 381 g/mol. The van der Waals surface area contributed by atoms with Gasteiger partial charge in [0.1, 0.15) is 6.61 Å². The molecule has 3 rings (SSSR count). The highest BCUT2D eigenvalue weighted by Gasteiger charge is 2.45. The molecule has 144 valence electrons. The van der Waals surface area contributed by atoms with E-state index in [0.717, 1.165) is 6.07 Å². The number of ether oxygens (including phenoxy) is 2. The number of carbonyl (C=O) groups excluding carboxylic acids is 2. The zero-order chi connectivity index (χ0) is 19.9. The van der Waals surface area contributed by atoms with Crippen molar-refractivity contribution in [3.8, 4) is 0 Å². The van der Waals surface area contributed by atoms with Crippen molar-refractivity contribution in [1.82, 2.24) is 5.32 Å². The number of alkyl halides is 3. The second kappa shape index (κ2) is 6.75. The molecule has 0 spiro atoms. The second-order valence-electron chi connectivity index (χ2n) is 6.60. The third-order valence-corrected chi connectivity index (χ3v) is 4.35. The molecule has 0 saturated carbocycles. The highest BCUT2D eigenvalue weighted by molar-refractivity contribution is 6.01. The van der Waals surface area contributed by atoms with Crippen LogP contribution in [0.1, 0.15) is 37.8 Å². The van der Waals surface area contributed by atoms with Crippen molar-refractivity contribution in [3.05, 3.63) is 57.9 Å². The number of cyclic esters (lactones) is 1. The number of rotatable bonds is 3. The van der Waals surface area contributed by atoms with E-state index in [1.54, 1.807) is 20.8 Å². The van der Waals surface area contributed by atoms with Gasteiger partial charge >= 0.3 is 18.1 Å². The van der Waals surface area contributed by atoms with Gasteiger partial charge in [-0.3, -0.25) is 0 Å². The molecule has 0 aliphatic carbocycles. The number of hydrogen-bond acceptors (Lipinski definition) is 5. The number of carbonyl (C=O) groups is 2. The smallest absolute Gasteiger partial charge is 0.416 e. The van der Waals surface area contributed by atoms with Crippen molar-refractivity contribution in [2.24, 2.45) is 0 Å². The van der Waals surface area contributed by atoms with Crippen LogP contribution in [0.25, 0.3) is 0 Å². The maximum absolute atomic E-state index is 13.6. The first-order valence-corrected chi connectivity index (χ1v) is 8.36. The fourth-order valence-electron chi connectivity index (χ4n) is 3.33. The Hall–Kier alpha value is -2.77. The first-order valence-electron chi connectivity index (χ1n) is 8.36. The molecule has 0 aromatic heterocycles. The van der Waals surface area contributed by atoms with Gasteiger partial charge in [0.15, 0.2) is 0 Å². The third-order valence-electron chi connectivity index (χ3n) is 4.35. The van der Waals surface area contributed by atoms with Crippen molar-refractivity contribution in [2.75, 3.05) is 6.61 Å². The predicted octanol–water partition coefficient (Wildman–Crippen LogP) is 3.43. The van der Waals surface area contributed by atoms with Gasteiger partial charge in [0.25, 0.3) is 0 Å². The molecule has 1 atom stereocenters. The van der Waals surface area contributed by atoms with Crippen molar-refractivity contribution in [1.29, 1.82) is 0 Å². The molecule has 0 fully saturated rings. The summed E-state index contributed by atoms with van der Waals surface area (Å²) in [5.74, 6) is -2.75. The fraction of sp³-hybridized carbons (Fsp3) is 0.368. The van der Waals surface area contributed by atoms with Gasteiger partial charge in [-0.1, -0.05) is 18.2 Å². The Bertz CT molecular complexity index is 868. The lowest BCUT2D eigenvalue weighted by atomic mass is 9.79. The molecule has 2 aliphatic heterocycles. The molecule has 1 aromatic rings. The third kappa shape index (κ3) is 3.43. The van der Waals surface area contributed by atoms with Gasteiger partial charge in [-0.25, -0.2) is 9.59 Å². The zero-order valence-corrected chi connectivity index (χ0v) is 14.9. The number of nitrogens with one attached hydrogen (secondary N) is 1. The Labute approximate surface area is 153 Å². The van der Waals surface area contributed by atoms with Crippen LogP contribution in [0.15, 0.2) is 46.8 Å². The Morgan fingerprint density at radius 3 is 2.59 bits per heavy atom. The van der Waals surface area contributed by atoms with Crippen molar-refractivity contribution >= 4 is 11.9 Å². The first-order chi connectivity index (χ1) is 12.6. The summed E-state index contributed by atoms with van der Waals surface area (Å²) < 4.78 is 51.0. The highest BCUT2D eigenvalue weighted by Crippen LogP contribution is 2.45. The molecule has 1 N–H and O–H groups in total. The quantitative estimate of drug-likeness (QED) is 0.813. The van der Waals surface area contributed by atoms with Crippen LogP contribution in [0.2, 0.25) is 0 Å². The van der Waals surface area contributed by atoms with Gasteiger partial charge in [0, 0.05) is 5.70 Å². The Morgan fingerprint density at radius 1 is 1.30 bits per heavy atom. The summed E-state index contributed by atoms with van der Waals surface area (Å²) in [4.78, 5) is 25.0. The molecule has 0 amide bonds. The molecular weight excluding hydrogens is 363 g/mol. The average molecular weight is 381 g/mol. The number of hydrogen-bond donors (Lipinski definition) is 1. The topological polar surface area (TPSA) is 64.6 Å². The number of halogens is 3. The minimum absolute atomic E-state index is 0.00741. The van der Waals surface area contributed by atoms with Gasteiger partial charge in [0.2, 0.25) is 0 Å². The van der Waals surface area contributed by atoms with Crippen LogP contribution in [-0.2, 0) is 25.2 Å². The lowest BCUT2D eigenvalue weighted by molar-refractivity contribution is -0.144. The van der Waals surface area contributed by atoms with Crippen LogP contribution in [0.5, 0.6) is 0 Å². The van der Waals surface area contributed by atoms with Crippen molar-refractivity contribution in [3.63, 3.8) is 0 Å². The molecule has 1 aromatic carbocycles. The number of benzene rings is 1. The van der Waals surface area contributed by atoms with Crippen LogP contribution >= 0.6 is 0 Å². The summed E-state index contributed by atoms with van der Waals surface area (Å²) in [7, 11) is 0. The van der Waals surface area contributed by atoms with Gasteiger partial charge < -0.3 is 14.8 Å². The molecule has 2 heterocycles. The van der Waals surface area contributed by atoms with Gasteiger partial charge in [-0.05, 0) is 32.4 Å². The summed E-state index contributed by atoms with van der Waals surface area (Å²) in [6.45, 7) is 4.75. The van der Waals surface area contributed by atoms with Crippen molar-refractivity contribution in [2.45, 2.75) is 39.0 Å². The van der Waals surface area contributed by atoms with Gasteiger partial charge in [0.05, 0.1) is 34.4 Å². The summed E-state index contributed by atoms with van der Waals surface area (Å²) in [6, 6.07) is 4.90. The molecule has 8 heteroatoms. The molecule has 1 unspecified atom stereocenters. The maximum atomic E-state index is 13.6. The molecule has 27 heavy (non-hydrogen) atoms. The summed E-state index contributed by atoms with van der Waals surface area (Å²) >= 11 is 0. The van der Waals surface area contributed by atoms with Crippen LogP contribution in [0, 0.1) is 0 Å². The minimum atomic E-state index is -4.65. The van der Waals surface area contributed by atoms with E-state index in [1.165, 1.54) is 18.2 Å². The second-order valence-corrected chi connectivity index (χ2v) is 6.60. The van der Waals surface area contributed by atoms with Crippen LogP contribution < -0.4 is 5.32 Å². The average Bonchev–Trinajstić information content (AvgIpc) is 2.92. The minimum Gasteiger partial charge on any atom is -0.460 e. The molecule has 0 radical (unpaired) electrons. The molecule has 0 saturated heterocycles. The first kappa shape index (κ1) is 19.0. The van der Waals surface area contributed by atoms with Crippen LogP contribution in [0.3, 0.4) is 0 Å². The van der Waals surface area contributed by atoms with E-state index in [4.69, 9.17) is 9.47 Å². The van der Waals surface area contributed by atoms with E-state index in [0.29, 0.717) is 11.4 Å². The van der Waals surface area contributed by atoms with Crippen LogP contribution in [0.4, 0.5) is 13.2 Å². The van der Waals surface area contributed by atoms with E-state index in [1.807, 2.05) is 0 Å². The summed E-state index contributed by atoms with van der Waals surface area (Å²) in [5.41, 5.74) is -0.426. The lowest BCUT2D eigenvalue weighted by Crippen LogP contribution is -2.32. The number of dihydropyridines is 1. The predicted molar refractivity (Wildman–Crippen MR) is 89.2 cm³/mol. The van der Waals surface area contributed by atoms with Gasteiger partial charge in [-0.15, -0.1) is 0 Å². The molecular formula is C19H18F3NO4. The van der Waals surface area contributed by atoms with E-state index in [-0.39, 0.29) is 23.3 Å². The van der Waals surface area contributed by atoms with Crippen molar-refractivity contribution < 1.29 is 32.2 Å². The SMILES string of the molecule is CC1=C(C(=O)OC(C)C)C(c2ccccc2C(F)(F)F)C2=C(COC2=O)N1. The fourth-order valence-corrected chi connectivity index (χ4v) is 3.33. The largest absolute Gasteiger partial charge is 0.460 e. The van der Waals surface area contributed by atoms with E-state index >= 15 is 0 Å². The Morgan fingerprint density at radius 2 is 1.96 bits per heavy atom. The number of allylic oxidation sites excluding steroid dienone is 1.